The van der Waals surface area contributed by atoms with Crippen molar-refractivity contribution < 1.29 is 40.2 Å². The van der Waals surface area contributed by atoms with Crippen molar-refractivity contribution in [3.8, 4) is 0 Å². The van der Waals surface area contributed by atoms with E-state index in [-0.39, 0.29) is 12.2 Å². The van der Waals surface area contributed by atoms with Gasteiger partial charge in [-0.2, -0.15) is 4.98 Å². The Bertz CT molecular complexity index is 670. The van der Waals surface area contributed by atoms with E-state index in [2.05, 4.69) is 4.98 Å². The summed E-state index contributed by atoms with van der Waals surface area (Å²) in [6.07, 6.45) is -6.14. The molecule has 2 rings (SSSR count). The minimum atomic E-state index is -1.31. The first-order chi connectivity index (χ1) is 12.6. The molecular weight excluding hydrogens is 368 g/mol. The number of hydrogen-bond donors (Lipinski definition) is 8. The first-order valence-electron chi connectivity index (χ1n) is 7.84. The molecule has 13 nitrogen and oxygen atoms in total. The molecule has 13 heteroatoms. The smallest absolute Gasteiger partial charge is 0.351 e. The van der Waals surface area contributed by atoms with Crippen molar-refractivity contribution >= 4 is 11.7 Å². The molecule has 2 heterocycles. The summed E-state index contributed by atoms with van der Waals surface area (Å²) in [4.78, 5) is 25.1. The van der Waals surface area contributed by atoms with Crippen molar-refractivity contribution in [2.45, 2.75) is 43.2 Å². The van der Waals surface area contributed by atoms with Crippen molar-refractivity contribution in [1.29, 1.82) is 0 Å². The topological polar surface area (TPSA) is 235 Å². The van der Waals surface area contributed by atoms with E-state index in [9.17, 15) is 19.8 Å². The first kappa shape index (κ1) is 22.9. The van der Waals surface area contributed by atoms with Crippen molar-refractivity contribution in [1.82, 2.24) is 9.55 Å². The molecule has 1 aromatic heterocycles. The van der Waals surface area contributed by atoms with Gasteiger partial charge in [0.15, 0.2) is 6.23 Å². The molecule has 0 saturated carbocycles. The fourth-order valence-electron chi connectivity index (χ4n) is 2.19. The molecule has 154 valence electrons. The SMILES string of the molecule is NC(=O)CC(O)C(O)CO.Nc1ccn([C@@H]2O[C@H](CO)[C@@H](O)[C@H]2O)c(=O)n1. The Balaban J connectivity index is 0.000000314. The predicted molar refractivity (Wildman–Crippen MR) is 88.8 cm³/mol. The van der Waals surface area contributed by atoms with E-state index >= 15 is 0 Å². The summed E-state index contributed by atoms with van der Waals surface area (Å²) >= 11 is 0. The van der Waals surface area contributed by atoms with Crippen LogP contribution < -0.4 is 17.2 Å². The Morgan fingerprint density at radius 2 is 1.89 bits per heavy atom. The molecule has 1 aliphatic heterocycles. The van der Waals surface area contributed by atoms with Crippen LogP contribution in [-0.4, -0.2) is 89.8 Å². The molecule has 0 aromatic carbocycles. The van der Waals surface area contributed by atoms with E-state index in [4.69, 9.17) is 36.6 Å². The van der Waals surface area contributed by atoms with Crippen LogP contribution in [0, 0.1) is 0 Å². The lowest BCUT2D eigenvalue weighted by molar-refractivity contribution is -0.122. The first-order valence-corrected chi connectivity index (χ1v) is 7.84. The highest BCUT2D eigenvalue weighted by Crippen LogP contribution is 2.27. The number of anilines is 1. The summed E-state index contributed by atoms with van der Waals surface area (Å²) in [5, 5.41) is 53.9. The third-order valence-electron chi connectivity index (χ3n) is 3.68. The van der Waals surface area contributed by atoms with Gasteiger partial charge in [-0.25, -0.2) is 4.79 Å². The van der Waals surface area contributed by atoms with Crippen LogP contribution in [0.3, 0.4) is 0 Å². The van der Waals surface area contributed by atoms with Gasteiger partial charge in [0.1, 0.15) is 30.2 Å². The monoisotopic (exact) mass is 392 g/mol. The fraction of sp³-hybridized carbons (Fsp3) is 0.643. The quantitative estimate of drug-likeness (QED) is 0.228. The van der Waals surface area contributed by atoms with Gasteiger partial charge in [0.2, 0.25) is 5.91 Å². The molecule has 0 radical (unpaired) electrons. The third kappa shape index (κ3) is 6.21. The molecule has 2 unspecified atom stereocenters. The molecule has 27 heavy (non-hydrogen) atoms. The lowest BCUT2D eigenvalue weighted by Gasteiger charge is -2.16. The van der Waals surface area contributed by atoms with Crippen LogP contribution in [0.1, 0.15) is 12.6 Å². The van der Waals surface area contributed by atoms with Crippen LogP contribution >= 0.6 is 0 Å². The molecule has 1 aliphatic rings. The van der Waals surface area contributed by atoms with Gasteiger partial charge in [0.05, 0.1) is 25.7 Å². The summed E-state index contributed by atoms with van der Waals surface area (Å²) in [5.74, 6) is -0.655. The van der Waals surface area contributed by atoms with Crippen molar-refractivity contribution in [3.63, 3.8) is 0 Å². The molecule has 0 spiro atoms. The highest BCUT2D eigenvalue weighted by molar-refractivity contribution is 5.74. The van der Waals surface area contributed by atoms with Gasteiger partial charge in [0, 0.05) is 6.20 Å². The lowest BCUT2D eigenvalue weighted by Crippen LogP contribution is -2.36. The van der Waals surface area contributed by atoms with E-state index in [1.165, 1.54) is 12.3 Å². The van der Waals surface area contributed by atoms with Gasteiger partial charge in [-0.15, -0.1) is 0 Å². The Morgan fingerprint density at radius 1 is 1.26 bits per heavy atom. The van der Waals surface area contributed by atoms with Crippen molar-refractivity contribution in [3.05, 3.63) is 22.7 Å². The number of carbonyl (C=O) groups is 1. The second-order valence-corrected chi connectivity index (χ2v) is 5.76. The summed E-state index contributed by atoms with van der Waals surface area (Å²) < 4.78 is 6.19. The number of primary amides is 1. The number of ether oxygens (including phenoxy) is 1. The van der Waals surface area contributed by atoms with E-state index in [0.717, 1.165) is 4.57 Å². The van der Waals surface area contributed by atoms with Gasteiger partial charge in [-0.1, -0.05) is 0 Å². The molecule has 1 saturated heterocycles. The molecule has 10 N–H and O–H groups in total. The Morgan fingerprint density at radius 3 is 2.33 bits per heavy atom. The fourth-order valence-corrected chi connectivity index (χ4v) is 2.19. The van der Waals surface area contributed by atoms with Gasteiger partial charge in [0.25, 0.3) is 0 Å². The van der Waals surface area contributed by atoms with Gasteiger partial charge in [-0.05, 0) is 6.07 Å². The van der Waals surface area contributed by atoms with E-state index in [0.29, 0.717) is 0 Å². The number of aliphatic hydroxyl groups excluding tert-OH is 6. The summed E-state index contributed by atoms with van der Waals surface area (Å²) in [5.41, 5.74) is 9.32. The minimum Gasteiger partial charge on any atom is -0.394 e. The molecule has 6 atom stereocenters. The highest BCUT2D eigenvalue weighted by atomic mass is 16.6. The third-order valence-corrected chi connectivity index (χ3v) is 3.68. The number of nitrogens with zero attached hydrogens (tertiary/aromatic N) is 2. The number of nitrogen functional groups attached to an aromatic ring is 1. The largest absolute Gasteiger partial charge is 0.394 e. The highest BCUT2D eigenvalue weighted by Gasteiger charge is 2.43. The normalized spacial score (nSPS) is 26.7. The summed E-state index contributed by atoms with van der Waals surface area (Å²) in [6.45, 7) is -1.03. The predicted octanol–water partition coefficient (Wildman–Crippen LogP) is -4.99. The second-order valence-electron chi connectivity index (χ2n) is 5.76. The zero-order chi connectivity index (χ0) is 20.7. The minimum absolute atomic E-state index is 0.0537. The van der Waals surface area contributed by atoms with Crippen LogP contribution in [0.25, 0.3) is 0 Å². The van der Waals surface area contributed by atoms with Crippen LogP contribution in [-0.2, 0) is 9.53 Å². The molecule has 1 aromatic rings. The van der Waals surface area contributed by atoms with E-state index in [1.54, 1.807) is 0 Å². The second kappa shape index (κ2) is 10.3. The molecule has 0 aliphatic carbocycles. The number of rotatable bonds is 6. The molecule has 1 amide bonds. The number of hydrogen-bond acceptors (Lipinski definition) is 11. The van der Waals surface area contributed by atoms with Gasteiger partial charge < -0.3 is 46.8 Å². The maximum Gasteiger partial charge on any atom is 0.351 e. The van der Waals surface area contributed by atoms with Gasteiger partial charge in [-0.3, -0.25) is 9.36 Å². The molecule has 1 fully saturated rings. The van der Waals surface area contributed by atoms with Crippen LogP contribution in [0.5, 0.6) is 0 Å². The zero-order valence-corrected chi connectivity index (χ0v) is 14.2. The Hall–Kier alpha value is -2.13. The maximum absolute atomic E-state index is 11.5. The Labute approximate surface area is 153 Å². The number of amides is 1. The molecular formula is C14H24N4O9. The number of aliphatic hydroxyl groups is 6. The van der Waals surface area contributed by atoms with E-state index in [1.807, 2.05) is 0 Å². The van der Waals surface area contributed by atoms with Crippen LogP contribution in [0.15, 0.2) is 17.1 Å². The number of nitrogens with two attached hydrogens (primary N) is 2. The van der Waals surface area contributed by atoms with Crippen molar-refractivity contribution in [2.24, 2.45) is 5.73 Å². The Kier molecular flexibility index (Phi) is 8.71. The zero-order valence-electron chi connectivity index (χ0n) is 14.2. The average Bonchev–Trinajstić information content (AvgIpc) is 2.89. The standard InChI is InChI=1S/C9H13N3O5.C5H11NO4/c10-5-1-2-12(9(16)11-5)8-7(15)6(14)4(3-13)17-8;6-5(10)1-3(8)4(9)2-7/h1-2,4,6-8,13-15H,3H2,(H2,10,11,16);3-4,7-9H,1-2H2,(H2,6,10)/t4-,6-,7-,8-;/m1./s1. The summed E-state index contributed by atoms with van der Waals surface area (Å²) in [7, 11) is 0. The average molecular weight is 392 g/mol. The van der Waals surface area contributed by atoms with Crippen LogP contribution in [0.4, 0.5) is 5.82 Å². The van der Waals surface area contributed by atoms with Crippen molar-refractivity contribution in [2.75, 3.05) is 18.9 Å². The van der Waals surface area contributed by atoms with Gasteiger partial charge >= 0.3 is 5.69 Å². The maximum atomic E-state index is 11.5. The summed E-state index contributed by atoms with van der Waals surface area (Å²) in [6, 6.07) is 1.37. The lowest BCUT2D eigenvalue weighted by atomic mass is 10.1. The van der Waals surface area contributed by atoms with E-state index < -0.39 is 61.6 Å². The van der Waals surface area contributed by atoms with Crippen LogP contribution in [0.2, 0.25) is 0 Å². The molecule has 0 bridgehead atoms. The number of carbonyl (C=O) groups excluding carboxylic acids is 1. The number of aromatic nitrogens is 2.